The topological polar surface area (TPSA) is 121 Å². The van der Waals surface area contributed by atoms with Crippen molar-refractivity contribution in [1.82, 2.24) is 14.8 Å². The summed E-state index contributed by atoms with van der Waals surface area (Å²) < 4.78 is 16.4. The largest absolute Gasteiger partial charge is 0.384 e. The molecule has 3 heterocycles. The predicted molar refractivity (Wildman–Crippen MR) is 150 cm³/mol. The van der Waals surface area contributed by atoms with Gasteiger partial charge in [0.15, 0.2) is 0 Å². The molecule has 2 aromatic carbocycles. The van der Waals surface area contributed by atoms with Crippen molar-refractivity contribution in [3.63, 3.8) is 0 Å². The number of fused-ring (bicyclic) bond motifs is 1. The molecular formula is C28H29FN8O2. The zero-order valence-electron chi connectivity index (χ0n) is 22.1. The average Bonchev–Trinajstić information content (AvgIpc) is 3.33. The van der Waals surface area contributed by atoms with E-state index in [1.54, 1.807) is 30.1 Å². The Morgan fingerprint density at radius 3 is 2.49 bits per heavy atom. The van der Waals surface area contributed by atoms with Crippen LogP contribution in [0, 0.1) is 5.82 Å². The van der Waals surface area contributed by atoms with Gasteiger partial charge >= 0.3 is 12.1 Å². The molecule has 0 unspecified atom stereocenters. The Morgan fingerprint density at radius 2 is 1.77 bits per heavy atom. The molecule has 4 aromatic rings. The smallest absolute Gasteiger partial charge is 0.329 e. The van der Waals surface area contributed by atoms with Crippen LogP contribution in [0.15, 0.2) is 66.9 Å². The molecule has 10 nitrogen and oxygen atoms in total. The molecule has 2 aromatic heterocycles. The molecule has 0 atom stereocenters. The minimum absolute atomic E-state index is 0.0801. The number of urea groups is 2. The molecule has 39 heavy (non-hydrogen) atoms. The maximum Gasteiger partial charge on any atom is 0.329 e. The number of anilines is 5. The van der Waals surface area contributed by atoms with Crippen LogP contribution in [0.25, 0.3) is 5.69 Å². The molecule has 0 saturated heterocycles. The van der Waals surface area contributed by atoms with Crippen LogP contribution in [-0.4, -0.2) is 33.9 Å². The van der Waals surface area contributed by atoms with Gasteiger partial charge < -0.3 is 11.1 Å². The maximum absolute atomic E-state index is 14.8. The molecule has 0 fully saturated rings. The third kappa shape index (κ3) is 5.11. The van der Waals surface area contributed by atoms with Crippen molar-refractivity contribution in [3.05, 3.63) is 83.9 Å². The van der Waals surface area contributed by atoms with E-state index in [4.69, 9.17) is 5.73 Å². The van der Waals surface area contributed by atoms with E-state index in [1.807, 2.05) is 51.1 Å². The first-order valence-corrected chi connectivity index (χ1v) is 12.3. The average molecular weight is 529 g/mol. The van der Waals surface area contributed by atoms with Crippen molar-refractivity contribution in [2.75, 3.05) is 33.2 Å². The Balaban J connectivity index is 1.40. The summed E-state index contributed by atoms with van der Waals surface area (Å²) in [5, 5.41) is 10.0. The number of hydrogen-bond acceptors (Lipinski definition) is 5. The number of amides is 4. The van der Waals surface area contributed by atoms with Crippen molar-refractivity contribution in [2.45, 2.75) is 32.7 Å². The lowest BCUT2D eigenvalue weighted by molar-refractivity contribution is 0.251. The number of benzene rings is 2. The van der Waals surface area contributed by atoms with Crippen LogP contribution in [0.4, 0.5) is 42.7 Å². The van der Waals surface area contributed by atoms with E-state index in [9.17, 15) is 14.0 Å². The van der Waals surface area contributed by atoms with Crippen molar-refractivity contribution in [2.24, 2.45) is 0 Å². The lowest BCUT2D eigenvalue weighted by Gasteiger charge is -2.35. The van der Waals surface area contributed by atoms with Crippen molar-refractivity contribution < 1.29 is 14.0 Å². The molecule has 0 saturated carbocycles. The number of halogens is 1. The number of rotatable bonds is 4. The lowest BCUT2D eigenvalue weighted by Crippen LogP contribution is -2.45. The van der Waals surface area contributed by atoms with Gasteiger partial charge in [-0.05, 0) is 30.3 Å². The Labute approximate surface area is 225 Å². The van der Waals surface area contributed by atoms with Gasteiger partial charge in [0.05, 0.1) is 29.3 Å². The van der Waals surface area contributed by atoms with E-state index in [1.165, 1.54) is 28.0 Å². The third-order valence-corrected chi connectivity index (χ3v) is 6.42. The van der Waals surface area contributed by atoms with Crippen LogP contribution < -0.4 is 26.2 Å². The van der Waals surface area contributed by atoms with Gasteiger partial charge in [0.2, 0.25) is 0 Å². The Bertz CT molecular complexity index is 1560. The van der Waals surface area contributed by atoms with E-state index in [0.29, 0.717) is 23.0 Å². The van der Waals surface area contributed by atoms with Gasteiger partial charge in [-0.1, -0.05) is 39.0 Å². The van der Waals surface area contributed by atoms with Gasteiger partial charge in [0.1, 0.15) is 17.5 Å². The molecule has 1 aliphatic rings. The van der Waals surface area contributed by atoms with Crippen molar-refractivity contribution >= 4 is 40.8 Å². The van der Waals surface area contributed by atoms with Crippen LogP contribution in [0.2, 0.25) is 0 Å². The lowest BCUT2D eigenvalue weighted by atomic mass is 9.92. The SMILES string of the molecule is CN1C(=O)N(c2ccc(F)c(NC(=O)Nc3cc(C(C)(C)C)nn3-c3ccccc3)c2)Cc2cnc(N)cc21. The highest BCUT2D eigenvalue weighted by atomic mass is 19.1. The second-order valence-electron chi connectivity index (χ2n) is 10.3. The van der Waals surface area contributed by atoms with Crippen molar-refractivity contribution in [3.8, 4) is 5.69 Å². The summed E-state index contributed by atoms with van der Waals surface area (Å²) >= 11 is 0. The van der Waals surface area contributed by atoms with Crippen LogP contribution in [-0.2, 0) is 12.0 Å². The number of carbonyl (C=O) groups excluding carboxylic acids is 2. The number of aromatic nitrogens is 3. The van der Waals surface area contributed by atoms with E-state index in [0.717, 1.165) is 16.9 Å². The fraction of sp³-hybridized carbons (Fsp3) is 0.214. The van der Waals surface area contributed by atoms with Crippen molar-refractivity contribution in [1.29, 1.82) is 0 Å². The quantitative estimate of drug-likeness (QED) is 0.323. The standard InChI is InChI=1S/C28H29FN8O2/c1-28(2,3)23-14-25(37(34-23)18-8-6-5-7-9-18)33-26(38)32-21-12-19(10-11-20(21)29)36-16-17-15-31-24(30)13-22(17)35(4)27(36)39/h5-15H,16H2,1-4H3,(H2,30,31)(H2,32,33,38). The molecule has 4 N–H and O–H groups in total. The second-order valence-corrected chi connectivity index (χ2v) is 10.3. The van der Waals surface area contributed by atoms with E-state index in [-0.39, 0.29) is 23.7 Å². The summed E-state index contributed by atoms with van der Waals surface area (Å²) in [6, 6.07) is 16.0. The normalized spacial score (nSPS) is 13.3. The molecule has 0 radical (unpaired) electrons. The van der Waals surface area contributed by atoms with E-state index >= 15 is 0 Å². The number of nitrogens with one attached hydrogen (secondary N) is 2. The minimum atomic E-state index is -0.657. The summed E-state index contributed by atoms with van der Waals surface area (Å²) in [4.78, 5) is 33.2. The zero-order valence-corrected chi connectivity index (χ0v) is 22.1. The number of nitrogens with zero attached hydrogens (tertiary/aromatic N) is 5. The molecule has 1 aliphatic heterocycles. The van der Waals surface area contributed by atoms with E-state index in [2.05, 4.69) is 20.7 Å². The number of carbonyl (C=O) groups is 2. The Kier molecular flexibility index (Phi) is 6.43. The zero-order chi connectivity index (χ0) is 27.9. The second kappa shape index (κ2) is 9.75. The molecule has 0 aliphatic carbocycles. The first kappa shape index (κ1) is 25.7. The van der Waals surface area contributed by atoms with Crippen LogP contribution in [0.3, 0.4) is 0 Å². The highest BCUT2D eigenvalue weighted by Gasteiger charge is 2.30. The third-order valence-electron chi connectivity index (χ3n) is 6.42. The van der Waals surface area contributed by atoms with Gasteiger partial charge in [-0.3, -0.25) is 15.1 Å². The van der Waals surface area contributed by atoms with Crippen LogP contribution in [0.5, 0.6) is 0 Å². The monoisotopic (exact) mass is 528 g/mol. The summed E-state index contributed by atoms with van der Waals surface area (Å²) in [5.41, 5.74) is 8.84. The number of nitrogen functional groups attached to an aromatic ring is 1. The molecule has 0 spiro atoms. The Morgan fingerprint density at radius 1 is 1.03 bits per heavy atom. The van der Waals surface area contributed by atoms with Gasteiger partial charge in [0, 0.05) is 42.0 Å². The number of pyridine rings is 1. The van der Waals surface area contributed by atoms with Gasteiger partial charge in [-0.2, -0.15) is 5.10 Å². The molecule has 0 bridgehead atoms. The summed E-state index contributed by atoms with van der Waals surface area (Å²) in [5.74, 6) is 0.0919. The fourth-order valence-electron chi connectivity index (χ4n) is 4.30. The number of para-hydroxylation sites is 1. The minimum Gasteiger partial charge on any atom is -0.384 e. The first-order valence-electron chi connectivity index (χ1n) is 12.3. The maximum atomic E-state index is 14.8. The highest BCUT2D eigenvalue weighted by Crippen LogP contribution is 2.33. The summed E-state index contributed by atoms with van der Waals surface area (Å²) in [6.45, 7) is 6.29. The Hall–Kier alpha value is -4.93. The first-order chi connectivity index (χ1) is 18.5. The van der Waals surface area contributed by atoms with Gasteiger partial charge in [-0.25, -0.2) is 23.6 Å². The molecule has 5 rings (SSSR count). The fourth-order valence-corrected chi connectivity index (χ4v) is 4.30. The molecule has 11 heteroatoms. The van der Waals surface area contributed by atoms with E-state index < -0.39 is 11.8 Å². The number of nitrogens with two attached hydrogens (primary N) is 1. The highest BCUT2D eigenvalue weighted by molar-refractivity contribution is 6.06. The molecule has 4 amide bonds. The summed E-state index contributed by atoms with van der Waals surface area (Å²) in [7, 11) is 1.63. The van der Waals surface area contributed by atoms with Gasteiger partial charge in [0.25, 0.3) is 0 Å². The molecule has 200 valence electrons. The number of hydrogen-bond donors (Lipinski definition) is 3. The van der Waals surface area contributed by atoms with Crippen LogP contribution in [0.1, 0.15) is 32.0 Å². The predicted octanol–water partition coefficient (Wildman–Crippen LogP) is 5.51. The van der Waals surface area contributed by atoms with Gasteiger partial charge in [-0.15, -0.1) is 0 Å². The molecular weight excluding hydrogens is 499 g/mol. The van der Waals surface area contributed by atoms with Crippen LogP contribution >= 0.6 is 0 Å². The summed E-state index contributed by atoms with van der Waals surface area (Å²) in [6.07, 6.45) is 1.61.